The van der Waals surface area contributed by atoms with E-state index in [1.807, 2.05) is 30.3 Å². The molecule has 28 heavy (non-hydrogen) atoms. The number of rotatable bonds is 4. The molecule has 0 radical (unpaired) electrons. The summed E-state index contributed by atoms with van der Waals surface area (Å²) >= 11 is 1.38. The Kier molecular flexibility index (Phi) is 4.22. The van der Waals surface area contributed by atoms with E-state index in [4.69, 9.17) is 4.52 Å². The van der Waals surface area contributed by atoms with Crippen LogP contribution < -0.4 is 5.32 Å². The number of aromatic nitrogens is 1. The summed E-state index contributed by atoms with van der Waals surface area (Å²) in [6.45, 7) is 5.22. The van der Waals surface area contributed by atoms with Gasteiger partial charge in [0.15, 0.2) is 0 Å². The van der Waals surface area contributed by atoms with Crippen LogP contribution in [0.1, 0.15) is 30.0 Å². The lowest BCUT2D eigenvalue weighted by molar-refractivity contribution is -0.159. The van der Waals surface area contributed by atoms with Crippen molar-refractivity contribution in [2.75, 3.05) is 0 Å². The summed E-state index contributed by atoms with van der Waals surface area (Å²) in [6.07, 6.45) is 0. The first kappa shape index (κ1) is 18.5. The third kappa shape index (κ3) is 2.69. The Bertz CT molecular complexity index is 971. The van der Waals surface area contributed by atoms with E-state index in [-0.39, 0.29) is 11.5 Å². The highest BCUT2D eigenvalue weighted by atomic mass is 32.2. The van der Waals surface area contributed by atoms with Crippen LogP contribution in [-0.2, 0) is 9.59 Å². The molecule has 0 bridgehead atoms. The zero-order valence-electron chi connectivity index (χ0n) is 15.5. The molecule has 2 fully saturated rings. The van der Waals surface area contributed by atoms with Gasteiger partial charge in [-0.1, -0.05) is 35.5 Å². The fourth-order valence-electron chi connectivity index (χ4n) is 3.79. The van der Waals surface area contributed by atoms with E-state index in [2.05, 4.69) is 10.5 Å². The lowest BCUT2D eigenvalue weighted by Crippen LogP contribution is -2.70. The van der Waals surface area contributed by atoms with Crippen LogP contribution in [0.2, 0.25) is 0 Å². The number of fused-ring (bicyclic) bond motifs is 1. The summed E-state index contributed by atoms with van der Waals surface area (Å²) < 4.78 is 4.57. The minimum Gasteiger partial charge on any atom is -0.480 e. The van der Waals surface area contributed by atoms with Gasteiger partial charge in [0.1, 0.15) is 34.5 Å². The molecule has 3 atom stereocenters. The van der Waals surface area contributed by atoms with Crippen molar-refractivity contribution in [3.8, 4) is 11.3 Å². The number of carbonyl (C=O) groups is 3. The van der Waals surface area contributed by atoms with E-state index in [9.17, 15) is 19.5 Å². The molecule has 9 heteroatoms. The minimum atomic E-state index is -1.04. The van der Waals surface area contributed by atoms with Crippen LogP contribution in [0.25, 0.3) is 11.3 Å². The summed E-state index contributed by atoms with van der Waals surface area (Å²) in [7, 11) is 0. The lowest BCUT2D eigenvalue weighted by Gasteiger charge is -2.43. The molecular weight excluding hydrogens is 382 g/mol. The number of β-lactam (4-membered cyclic amide) rings is 1. The van der Waals surface area contributed by atoms with Gasteiger partial charge >= 0.3 is 5.97 Å². The van der Waals surface area contributed by atoms with Crippen molar-refractivity contribution in [1.29, 1.82) is 0 Å². The molecule has 2 aliphatic heterocycles. The number of nitrogens with one attached hydrogen (secondary N) is 1. The summed E-state index contributed by atoms with van der Waals surface area (Å²) in [5, 5.41) is 15.8. The maximum atomic E-state index is 12.9. The summed E-state index contributed by atoms with van der Waals surface area (Å²) in [5.74, 6) is -1.55. The van der Waals surface area contributed by atoms with Gasteiger partial charge in [0.05, 0.1) is 0 Å². The first-order chi connectivity index (χ1) is 13.2. The largest absolute Gasteiger partial charge is 0.480 e. The Hall–Kier alpha value is -2.81. The van der Waals surface area contributed by atoms with Crippen molar-refractivity contribution in [2.45, 2.75) is 43.0 Å². The molecule has 2 aromatic rings. The molecule has 1 aromatic heterocycles. The fraction of sp³-hybridized carbons (Fsp3) is 0.368. The molecule has 2 saturated heterocycles. The third-order valence-electron chi connectivity index (χ3n) is 5.10. The zero-order valence-corrected chi connectivity index (χ0v) is 16.3. The number of aliphatic carboxylic acids is 1. The lowest BCUT2D eigenvalue weighted by atomic mass is 9.95. The van der Waals surface area contributed by atoms with E-state index < -0.39 is 34.1 Å². The van der Waals surface area contributed by atoms with Crippen molar-refractivity contribution in [3.05, 3.63) is 41.7 Å². The number of carboxylic acids is 1. The van der Waals surface area contributed by atoms with Crippen LogP contribution in [0.5, 0.6) is 0 Å². The molecule has 3 heterocycles. The molecule has 2 aliphatic rings. The van der Waals surface area contributed by atoms with Crippen molar-refractivity contribution < 1.29 is 24.0 Å². The molecule has 146 valence electrons. The molecule has 0 spiro atoms. The summed E-state index contributed by atoms with van der Waals surface area (Å²) in [6, 6.07) is 7.46. The van der Waals surface area contributed by atoms with E-state index in [0.717, 1.165) is 5.56 Å². The van der Waals surface area contributed by atoms with Gasteiger partial charge in [-0.25, -0.2) is 4.79 Å². The van der Waals surface area contributed by atoms with Gasteiger partial charge in [0.2, 0.25) is 5.91 Å². The normalized spacial score (nSPS) is 25.2. The van der Waals surface area contributed by atoms with Crippen LogP contribution in [0.4, 0.5) is 0 Å². The molecule has 1 aromatic carbocycles. The van der Waals surface area contributed by atoms with Crippen molar-refractivity contribution in [3.63, 3.8) is 0 Å². The van der Waals surface area contributed by atoms with E-state index in [0.29, 0.717) is 11.5 Å². The van der Waals surface area contributed by atoms with Gasteiger partial charge in [-0.2, -0.15) is 0 Å². The average Bonchev–Trinajstić information content (AvgIpc) is 3.15. The van der Waals surface area contributed by atoms with Gasteiger partial charge in [0, 0.05) is 10.3 Å². The number of hydrogen-bond donors (Lipinski definition) is 2. The fourth-order valence-corrected chi connectivity index (χ4v) is 5.42. The SMILES string of the molecule is Cc1onc(-c2ccccc2)c1C(=O)N[C@@H]1C(=O)N2[C@@H]1SC(C)(C)[C@H]2C(=O)O. The maximum Gasteiger partial charge on any atom is 0.327 e. The summed E-state index contributed by atoms with van der Waals surface area (Å²) in [5.41, 5.74) is 1.41. The molecule has 4 rings (SSSR count). The number of thioether (sulfide) groups is 1. The number of aryl methyl sites for hydroxylation is 1. The van der Waals surface area contributed by atoms with Gasteiger partial charge < -0.3 is 19.8 Å². The average molecular weight is 401 g/mol. The quantitative estimate of drug-likeness (QED) is 0.752. The highest BCUT2D eigenvalue weighted by molar-refractivity contribution is 8.01. The van der Waals surface area contributed by atoms with Crippen LogP contribution in [0.3, 0.4) is 0 Å². The van der Waals surface area contributed by atoms with Gasteiger partial charge in [0.25, 0.3) is 5.91 Å². The number of carbonyl (C=O) groups excluding carboxylic acids is 2. The zero-order chi connectivity index (χ0) is 20.2. The smallest absolute Gasteiger partial charge is 0.327 e. The molecule has 2 N–H and O–H groups in total. The van der Waals surface area contributed by atoms with E-state index in [1.54, 1.807) is 20.8 Å². The van der Waals surface area contributed by atoms with Crippen LogP contribution in [0, 0.1) is 6.92 Å². The predicted octanol–water partition coefficient (Wildman–Crippen LogP) is 1.90. The van der Waals surface area contributed by atoms with Gasteiger partial charge in [-0.3, -0.25) is 9.59 Å². The number of hydrogen-bond acceptors (Lipinski definition) is 6. The first-order valence-electron chi connectivity index (χ1n) is 8.77. The van der Waals surface area contributed by atoms with Crippen molar-refractivity contribution in [1.82, 2.24) is 15.4 Å². The van der Waals surface area contributed by atoms with E-state index >= 15 is 0 Å². The Morgan fingerprint density at radius 2 is 1.96 bits per heavy atom. The van der Waals surface area contributed by atoms with Gasteiger partial charge in [-0.05, 0) is 20.8 Å². The van der Waals surface area contributed by atoms with Crippen molar-refractivity contribution >= 4 is 29.5 Å². The summed E-state index contributed by atoms with van der Waals surface area (Å²) in [4.78, 5) is 38.5. The molecule has 0 saturated carbocycles. The Labute approximate surface area is 165 Å². The molecule has 0 unspecified atom stereocenters. The highest BCUT2D eigenvalue weighted by Crippen LogP contribution is 2.50. The van der Waals surface area contributed by atoms with Crippen LogP contribution in [-0.4, -0.2) is 55.2 Å². The first-order valence-corrected chi connectivity index (χ1v) is 9.65. The number of carboxylic acid groups (broad SMARTS) is 1. The Morgan fingerprint density at radius 3 is 2.61 bits per heavy atom. The van der Waals surface area contributed by atoms with Crippen LogP contribution >= 0.6 is 11.8 Å². The second-order valence-corrected chi connectivity index (χ2v) is 9.15. The second-order valence-electron chi connectivity index (χ2n) is 7.38. The monoisotopic (exact) mass is 401 g/mol. The predicted molar refractivity (Wildman–Crippen MR) is 102 cm³/mol. The molecule has 0 aliphatic carbocycles. The van der Waals surface area contributed by atoms with Crippen molar-refractivity contribution in [2.24, 2.45) is 0 Å². The topological polar surface area (TPSA) is 113 Å². The van der Waals surface area contributed by atoms with E-state index in [1.165, 1.54) is 16.7 Å². The molecule has 2 amide bonds. The number of nitrogens with zero attached hydrogens (tertiary/aromatic N) is 2. The minimum absolute atomic E-state index is 0.273. The van der Waals surface area contributed by atoms with Gasteiger partial charge in [-0.15, -0.1) is 11.8 Å². The maximum absolute atomic E-state index is 12.9. The Morgan fingerprint density at radius 1 is 1.29 bits per heavy atom. The standard InChI is InChI=1S/C19H19N3O5S/c1-9-11(12(21-27-9)10-7-5-4-6-8-10)15(23)20-13-16(24)22-14(18(25)26)19(2,3)28-17(13)22/h4-8,13-14,17H,1-3H3,(H,20,23)(H,25,26)/t13-,14-,17-/m1/s1. The third-order valence-corrected chi connectivity index (χ3v) is 6.67. The number of amides is 2. The Balaban J connectivity index is 1.58. The highest BCUT2D eigenvalue weighted by Gasteiger charge is 2.64. The van der Waals surface area contributed by atoms with Crippen LogP contribution in [0.15, 0.2) is 34.9 Å². The number of benzene rings is 1. The molecular formula is C19H19N3O5S. The molecule has 8 nitrogen and oxygen atoms in total. The second kappa shape index (κ2) is 6.37.